The highest BCUT2D eigenvalue weighted by Gasteiger charge is 2.35. The number of aliphatic hydroxyl groups excluding tert-OH is 1. The topological polar surface area (TPSA) is 101 Å². The van der Waals surface area contributed by atoms with Crippen LogP contribution in [0.15, 0.2) is 59.6 Å². The molecule has 0 aliphatic heterocycles. The number of aliphatic hydroxyl groups is 1. The van der Waals surface area contributed by atoms with Gasteiger partial charge in [-0.1, -0.05) is 6.07 Å². The van der Waals surface area contributed by atoms with Crippen LogP contribution < -0.4 is 15.4 Å². The number of hydrogen-bond donors (Lipinski definition) is 3. The van der Waals surface area contributed by atoms with Gasteiger partial charge in [0.1, 0.15) is 11.6 Å². The molecule has 3 rings (SSSR count). The fourth-order valence-electron chi connectivity index (χ4n) is 2.94. The second-order valence-electron chi connectivity index (χ2n) is 7.18. The minimum absolute atomic E-state index is 0.0702. The Morgan fingerprint density at radius 3 is 2.31 bits per heavy atom. The first-order valence-corrected chi connectivity index (χ1v) is 10.1. The van der Waals surface area contributed by atoms with Gasteiger partial charge in [0.2, 0.25) is 5.96 Å². The second kappa shape index (κ2) is 10.7. The maximum atomic E-state index is 13.2. The zero-order chi connectivity index (χ0) is 26.5. The molecule has 192 valence electrons. The quantitative estimate of drug-likeness (QED) is 0.251. The number of rotatable bonds is 6. The first-order valence-electron chi connectivity index (χ1n) is 10.1. The molecular weight excluding hydrogens is 496 g/mol. The molecule has 0 atom stereocenters. The number of carbonyl (C=O) groups excluding carboxylic acids is 1. The molecule has 0 saturated heterocycles. The van der Waals surface area contributed by atoms with Crippen LogP contribution in [-0.4, -0.2) is 40.5 Å². The highest BCUT2D eigenvalue weighted by atomic mass is 19.4. The van der Waals surface area contributed by atoms with E-state index in [0.717, 1.165) is 22.9 Å². The van der Waals surface area contributed by atoms with Gasteiger partial charge in [0.25, 0.3) is 5.91 Å². The molecule has 0 spiro atoms. The van der Waals surface area contributed by atoms with Crippen LogP contribution in [-0.2, 0) is 18.9 Å². The number of ether oxygens (including phenoxy) is 1. The summed E-state index contributed by atoms with van der Waals surface area (Å²) in [6.07, 6.45) is -9.48. The molecular formula is C22H19F6N5O3. The minimum Gasteiger partial charge on any atom is -0.497 e. The standard InChI is InChI=1S/C22H19F6N5O3/c1-36-16-7-5-13(6-8-16)19(35)31-20(29-15-4-2-3-14(11-15)21(23,24)25)30-18-12-17(22(26,27)28)32-33(18)9-10-34/h2-8,11-12,34H,9-10H2,1H3,(H2,29,30,31,35). The number of anilines is 2. The Morgan fingerprint density at radius 1 is 1.03 bits per heavy atom. The fraction of sp³-hybridized carbons (Fsp3) is 0.227. The van der Waals surface area contributed by atoms with Gasteiger partial charge in [-0.15, -0.1) is 0 Å². The molecule has 14 heteroatoms. The van der Waals surface area contributed by atoms with Crippen molar-refractivity contribution in [2.24, 2.45) is 4.99 Å². The number of hydrogen-bond acceptors (Lipinski definition) is 4. The number of alkyl halides is 6. The van der Waals surface area contributed by atoms with Crippen molar-refractivity contribution in [3.8, 4) is 5.75 Å². The van der Waals surface area contributed by atoms with Gasteiger partial charge in [-0.3, -0.25) is 4.79 Å². The van der Waals surface area contributed by atoms with Gasteiger partial charge in [-0.05, 0) is 42.5 Å². The lowest BCUT2D eigenvalue weighted by Gasteiger charge is -2.15. The molecule has 0 saturated carbocycles. The smallest absolute Gasteiger partial charge is 0.435 e. The number of halogens is 6. The molecule has 0 unspecified atom stereocenters. The Morgan fingerprint density at radius 2 is 1.72 bits per heavy atom. The Bertz CT molecular complexity index is 1240. The van der Waals surface area contributed by atoms with Crippen LogP contribution in [0.25, 0.3) is 0 Å². The Balaban J connectivity index is 2.01. The maximum absolute atomic E-state index is 13.2. The number of carbonyl (C=O) groups is 1. The van der Waals surface area contributed by atoms with Crippen LogP contribution in [0, 0.1) is 0 Å². The van der Waals surface area contributed by atoms with Gasteiger partial charge in [0.15, 0.2) is 5.69 Å². The summed E-state index contributed by atoms with van der Waals surface area (Å²) >= 11 is 0. The summed E-state index contributed by atoms with van der Waals surface area (Å²) in [5.41, 5.74) is -2.37. The zero-order valence-corrected chi connectivity index (χ0v) is 18.5. The molecule has 0 fully saturated rings. The van der Waals surface area contributed by atoms with Gasteiger partial charge in [0, 0.05) is 17.3 Å². The molecule has 0 radical (unpaired) electrons. The number of nitrogens with one attached hydrogen (secondary N) is 2. The second-order valence-corrected chi connectivity index (χ2v) is 7.18. The average molecular weight is 515 g/mol. The highest BCUT2D eigenvalue weighted by Crippen LogP contribution is 2.31. The van der Waals surface area contributed by atoms with Crippen LogP contribution in [0.1, 0.15) is 21.6 Å². The number of benzene rings is 2. The van der Waals surface area contributed by atoms with Crippen LogP contribution in [0.4, 0.5) is 37.8 Å². The average Bonchev–Trinajstić information content (AvgIpc) is 3.22. The first kappa shape index (κ1) is 26.5. The fourth-order valence-corrected chi connectivity index (χ4v) is 2.94. The summed E-state index contributed by atoms with van der Waals surface area (Å²) < 4.78 is 84.7. The number of guanidine groups is 1. The van der Waals surface area contributed by atoms with Crippen molar-refractivity contribution in [1.82, 2.24) is 9.78 Å². The van der Waals surface area contributed by atoms with Crippen molar-refractivity contribution >= 4 is 23.4 Å². The number of aromatic nitrogens is 2. The van der Waals surface area contributed by atoms with E-state index < -0.39 is 42.1 Å². The number of methoxy groups -OCH3 is 1. The molecule has 36 heavy (non-hydrogen) atoms. The molecule has 1 heterocycles. The molecule has 2 aromatic carbocycles. The van der Waals surface area contributed by atoms with Crippen molar-refractivity contribution in [3.05, 3.63) is 71.4 Å². The van der Waals surface area contributed by atoms with Crippen molar-refractivity contribution in [3.63, 3.8) is 0 Å². The summed E-state index contributed by atoms with van der Waals surface area (Å²) in [6.45, 7) is -0.909. The molecule has 3 aromatic rings. The monoisotopic (exact) mass is 515 g/mol. The number of aliphatic imine (C=N–C) groups is 1. The summed E-state index contributed by atoms with van der Waals surface area (Å²) in [7, 11) is 1.42. The van der Waals surface area contributed by atoms with E-state index in [4.69, 9.17) is 4.74 Å². The van der Waals surface area contributed by atoms with Crippen LogP contribution in [0.5, 0.6) is 5.75 Å². The maximum Gasteiger partial charge on any atom is 0.435 e. The molecule has 1 amide bonds. The number of amides is 1. The van der Waals surface area contributed by atoms with E-state index in [-0.39, 0.29) is 23.6 Å². The molecule has 0 bridgehead atoms. The first-order chi connectivity index (χ1) is 16.9. The van der Waals surface area contributed by atoms with E-state index in [0.29, 0.717) is 11.8 Å². The minimum atomic E-state index is -4.82. The normalized spacial score (nSPS) is 12.4. The van der Waals surface area contributed by atoms with Gasteiger partial charge in [-0.2, -0.15) is 36.4 Å². The highest BCUT2D eigenvalue weighted by molar-refractivity contribution is 6.11. The van der Waals surface area contributed by atoms with E-state index in [1.807, 2.05) is 0 Å². The van der Waals surface area contributed by atoms with Crippen molar-refractivity contribution in [2.75, 3.05) is 24.4 Å². The summed E-state index contributed by atoms with van der Waals surface area (Å²) in [5.74, 6) is -1.22. The predicted octanol–water partition coefficient (Wildman–Crippen LogP) is 4.64. The Labute approximate surface area is 200 Å². The van der Waals surface area contributed by atoms with Crippen molar-refractivity contribution in [1.29, 1.82) is 0 Å². The van der Waals surface area contributed by atoms with E-state index in [2.05, 4.69) is 20.7 Å². The predicted molar refractivity (Wildman–Crippen MR) is 118 cm³/mol. The molecule has 8 nitrogen and oxygen atoms in total. The van der Waals surface area contributed by atoms with Crippen molar-refractivity contribution < 1.29 is 41.0 Å². The lowest BCUT2D eigenvalue weighted by molar-refractivity contribution is -0.141. The zero-order valence-electron chi connectivity index (χ0n) is 18.5. The van der Waals surface area contributed by atoms with Crippen molar-refractivity contribution in [2.45, 2.75) is 18.9 Å². The van der Waals surface area contributed by atoms with Gasteiger partial charge >= 0.3 is 12.4 Å². The molecule has 0 aliphatic rings. The lowest BCUT2D eigenvalue weighted by atomic mass is 10.2. The third kappa shape index (κ3) is 6.75. The van der Waals surface area contributed by atoms with E-state index >= 15 is 0 Å². The number of nitrogens with zero attached hydrogens (tertiary/aromatic N) is 3. The Hall–Kier alpha value is -4.07. The largest absolute Gasteiger partial charge is 0.497 e. The molecule has 0 aliphatic carbocycles. The van der Waals surface area contributed by atoms with Crippen LogP contribution in [0.2, 0.25) is 0 Å². The van der Waals surface area contributed by atoms with Gasteiger partial charge < -0.3 is 20.5 Å². The SMILES string of the molecule is COc1ccc(C(=O)/N=C(/Nc2cccc(C(F)(F)F)c2)Nc2cc(C(F)(F)F)nn2CCO)cc1. The van der Waals surface area contributed by atoms with E-state index in [9.17, 15) is 36.2 Å². The van der Waals surface area contributed by atoms with Crippen LogP contribution in [0.3, 0.4) is 0 Å². The third-order valence-corrected chi connectivity index (χ3v) is 4.63. The summed E-state index contributed by atoms with van der Waals surface area (Å²) in [4.78, 5) is 16.5. The molecule has 1 aromatic heterocycles. The lowest BCUT2D eigenvalue weighted by Crippen LogP contribution is -2.26. The third-order valence-electron chi connectivity index (χ3n) is 4.63. The van der Waals surface area contributed by atoms with Gasteiger partial charge in [-0.25, -0.2) is 4.68 Å². The van der Waals surface area contributed by atoms with E-state index in [1.165, 1.54) is 37.4 Å². The van der Waals surface area contributed by atoms with Crippen LogP contribution >= 0.6 is 0 Å². The summed E-state index contributed by atoms with van der Waals surface area (Å²) in [6, 6.07) is 10.2. The van der Waals surface area contributed by atoms with Gasteiger partial charge in [0.05, 0.1) is 25.8 Å². The summed E-state index contributed by atoms with van der Waals surface area (Å²) in [5, 5.41) is 17.5. The van der Waals surface area contributed by atoms with E-state index in [1.54, 1.807) is 0 Å². The molecule has 3 N–H and O–H groups in total. The Kier molecular flexibility index (Phi) is 7.87.